The lowest BCUT2D eigenvalue weighted by molar-refractivity contribution is 0.0982. The quantitative estimate of drug-likeness (QED) is 0.602. The van der Waals surface area contributed by atoms with Crippen LogP contribution in [0.2, 0.25) is 38.3 Å². The number of carbonyl (C=O) groups excluding carboxylic acids is 1. The van der Waals surface area contributed by atoms with Crippen molar-refractivity contribution in [1.82, 2.24) is 0 Å². The molecule has 24 heavy (non-hydrogen) atoms. The number of aryl methyl sites for hydroxylation is 1. The van der Waals surface area contributed by atoms with E-state index in [0.29, 0.717) is 11.7 Å². The average Bonchev–Trinajstić information content (AvgIpc) is 2.94. The zero-order chi connectivity index (χ0) is 17.7. The first-order valence-electron chi connectivity index (χ1n) is 8.54. The van der Waals surface area contributed by atoms with E-state index in [0.717, 1.165) is 11.3 Å². The standard InChI is InChI=1S/C19H26O3Si2/c1-13-11-17-18(24(5,6)10-9-23(17,3)4)12-16(13)22-19-8-7-15(21-19)14(2)20/h7-8,11-12H,9-10H2,1-6H3. The number of carbonyl (C=O) groups is 1. The lowest BCUT2D eigenvalue weighted by atomic mass is 10.2. The third kappa shape index (κ3) is 3.02. The minimum absolute atomic E-state index is 0.0895. The second-order valence-electron chi connectivity index (χ2n) is 8.21. The Morgan fingerprint density at radius 2 is 1.62 bits per heavy atom. The molecule has 0 fully saturated rings. The number of fused-ring (bicyclic) bond motifs is 1. The molecule has 5 heteroatoms. The van der Waals surface area contributed by atoms with Crippen LogP contribution in [0.25, 0.3) is 0 Å². The number of hydrogen-bond acceptors (Lipinski definition) is 3. The van der Waals surface area contributed by atoms with Gasteiger partial charge in [-0.1, -0.05) is 54.7 Å². The Morgan fingerprint density at radius 3 is 2.17 bits per heavy atom. The highest BCUT2D eigenvalue weighted by atomic mass is 28.3. The minimum Gasteiger partial charge on any atom is -0.426 e. The van der Waals surface area contributed by atoms with Crippen LogP contribution in [-0.2, 0) is 0 Å². The van der Waals surface area contributed by atoms with Gasteiger partial charge in [-0.05, 0) is 24.6 Å². The van der Waals surface area contributed by atoms with E-state index >= 15 is 0 Å². The summed E-state index contributed by atoms with van der Waals surface area (Å²) in [6.45, 7) is 13.4. The van der Waals surface area contributed by atoms with Gasteiger partial charge < -0.3 is 9.15 Å². The Hall–Kier alpha value is -1.60. The number of rotatable bonds is 3. The highest BCUT2D eigenvalue weighted by Crippen LogP contribution is 2.31. The average molecular weight is 359 g/mol. The molecule has 1 aromatic carbocycles. The van der Waals surface area contributed by atoms with E-state index in [1.54, 1.807) is 22.5 Å². The van der Waals surface area contributed by atoms with Crippen molar-refractivity contribution >= 4 is 32.3 Å². The van der Waals surface area contributed by atoms with Gasteiger partial charge in [0.05, 0.1) is 16.1 Å². The molecule has 0 radical (unpaired) electrons. The third-order valence-corrected chi connectivity index (χ3v) is 12.8. The van der Waals surface area contributed by atoms with Crippen LogP contribution in [-0.4, -0.2) is 21.9 Å². The summed E-state index contributed by atoms with van der Waals surface area (Å²) in [5.41, 5.74) is 1.14. The first kappa shape index (κ1) is 17.2. The Morgan fingerprint density at radius 1 is 1.04 bits per heavy atom. The highest BCUT2D eigenvalue weighted by molar-refractivity contribution is 7.03. The molecule has 0 amide bonds. The van der Waals surface area contributed by atoms with E-state index in [4.69, 9.17) is 9.15 Å². The molecular weight excluding hydrogens is 332 g/mol. The Kier molecular flexibility index (Phi) is 4.12. The van der Waals surface area contributed by atoms with E-state index in [9.17, 15) is 4.79 Å². The van der Waals surface area contributed by atoms with Gasteiger partial charge in [0.1, 0.15) is 5.75 Å². The van der Waals surface area contributed by atoms with E-state index in [1.165, 1.54) is 19.0 Å². The fourth-order valence-corrected chi connectivity index (χ4v) is 13.8. The van der Waals surface area contributed by atoms with Gasteiger partial charge in [-0.25, -0.2) is 0 Å². The van der Waals surface area contributed by atoms with Gasteiger partial charge >= 0.3 is 0 Å². The summed E-state index contributed by atoms with van der Waals surface area (Å²) in [5, 5.41) is 3.16. The first-order valence-corrected chi connectivity index (χ1v) is 15.0. The normalized spacial score (nSPS) is 18.1. The lowest BCUT2D eigenvalue weighted by Gasteiger charge is -2.40. The maximum absolute atomic E-state index is 11.4. The smallest absolute Gasteiger partial charge is 0.290 e. The second kappa shape index (κ2) is 5.74. The summed E-state index contributed by atoms with van der Waals surface area (Å²) < 4.78 is 11.5. The number of Topliss-reactive ketones (excluding diaryl/α,β-unsaturated/α-hetero) is 1. The van der Waals surface area contributed by atoms with E-state index in [2.05, 4.69) is 45.2 Å². The largest absolute Gasteiger partial charge is 0.426 e. The predicted octanol–water partition coefficient (Wildman–Crippen LogP) is 4.43. The van der Waals surface area contributed by atoms with Crippen molar-refractivity contribution in [2.45, 2.75) is 52.1 Å². The van der Waals surface area contributed by atoms with Gasteiger partial charge in [-0.15, -0.1) is 0 Å². The Bertz CT molecular complexity index is 803. The molecule has 2 heterocycles. The molecule has 2 aromatic rings. The van der Waals surface area contributed by atoms with Crippen molar-refractivity contribution in [3.63, 3.8) is 0 Å². The molecule has 128 valence electrons. The van der Waals surface area contributed by atoms with Crippen LogP contribution in [0.3, 0.4) is 0 Å². The maximum atomic E-state index is 11.4. The van der Waals surface area contributed by atoms with Crippen LogP contribution in [0.15, 0.2) is 28.7 Å². The molecule has 1 aliphatic rings. The van der Waals surface area contributed by atoms with Gasteiger partial charge in [0.15, 0.2) is 11.5 Å². The van der Waals surface area contributed by atoms with Crippen molar-refractivity contribution in [3.05, 3.63) is 35.6 Å². The van der Waals surface area contributed by atoms with Crippen molar-refractivity contribution in [3.8, 4) is 11.7 Å². The van der Waals surface area contributed by atoms with Crippen LogP contribution in [0, 0.1) is 6.92 Å². The summed E-state index contributed by atoms with van der Waals surface area (Å²) in [7, 11) is -2.76. The van der Waals surface area contributed by atoms with Crippen LogP contribution in [0.1, 0.15) is 23.0 Å². The van der Waals surface area contributed by atoms with E-state index in [1.807, 2.05) is 0 Å². The lowest BCUT2D eigenvalue weighted by Crippen LogP contribution is -2.63. The second-order valence-corrected chi connectivity index (χ2v) is 17.8. The summed E-state index contributed by atoms with van der Waals surface area (Å²) in [6.07, 6.45) is 0. The first-order chi connectivity index (χ1) is 11.1. The van der Waals surface area contributed by atoms with Crippen molar-refractivity contribution in [1.29, 1.82) is 0 Å². The van der Waals surface area contributed by atoms with Crippen molar-refractivity contribution in [2.24, 2.45) is 0 Å². The number of furan rings is 1. The molecule has 0 saturated heterocycles. The van der Waals surface area contributed by atoms with Crippen LogP contribution < -0.4 is 15.1 Å². The SMILES string of the molecule is CC(=O)c1ccc(Oc2cc3c(cc2C)[Si](C)(C)CC[Si]3(C)C)o1. The van der Waals surface area contributed by atoms with Gasteiger partial charge in [-0.3, -0.25) is 4.79 Å². The van der Waals surface area contributed by atoms with Crippen LogP contribution >= 0.6 is 0 Å². The fourth-order valence-electron chi connectivity index (χ4n) is 3.48. The number of ether oxygens (including phenoxy) is 1. The van der Waals surface area contributed by atoms with Gasteiger partial charge in [0.25, 0.3) is 5.95 Å². The number of benzene rings is 1. The highest BCUT2D eigenvalue weighted by Gasteiger charge is 2.40. The Balaban J connectivity index is 2.02. The molecule has 3 nitrogen and oxygen atoms in total. The maximum Gasteiger partial charge on any atom is 0.290 e. The van der Waals surface area contributed by atoms with Crippen molar-refractivity contribution in [2.75, 3.05) is 0 Å². The van der Waals surface area contributed by atoms with Crippen LogP contribution in [0.5, 0.6) is 11.7 Å². The topological polar surface area (TPSA) is 39.4 Å². The number of hydrogen-bond donors (Lipinski definition) is 0. The zero-order valence-corrected chi connectivity index (χ0v) is 17.4. The van der Waals surface area contributed by atoms with Gasteiger partial charge in [0.2, 0.25) is 0 Å². The van der Waals surface area contributed by atoms with E-state index < -0.39 is 16.1 Å². The molecule has 3 rings (SSSR count). The molecule has 0 N–H and O–H groups in total. The molecule has 0 saturated carbocycles. The monoisotopic (exact) mass is 358 g/mol. The molecule has 0 unspecified atom stereocenters. The fraction of sp³-hybridized carbons (Fsp3) is 0.421. The zero-order valence-electron chi connectivity index (χ0n) is 15.4. The third-order valence-electron chi connectivity index (χ3n) is 5.29. The molecule has 0 atom stereocenters. The summed E-state index contributed by atoms with van der Waals surface area (Å²) in [5.74, 6) is 1.48. The minimum atomic E-state index is -1.41. The van der Waals surface area contributed by atoms with Gasteiger partial charge in [0, 0.05) is 13.0 Å². The van der Waals surface area contributed by atoms with Gasteiger partial charge in [-0.2, -0.15) is 0 Å². The van der Waals surface area contributed by atoms with E-state index in [-0.39, 0.29) is 5.78 Å². The van der Waals surface area contributed by atoms with Crippen LogP contribution in [0.4, 0.5) is 0 Å². The molecule has 0 aliphatic carbocycles. The Labute approximate surface area is 146 Å². The van der Waals surface area contributed by atoms with Crippen molar-refractivity contribution < 1.29 is 13.9 Å². The molecule has 1 aromatic heterocycles. The molecule has 0 bridgehead atoms. The predicted molar refractivity (Wildman–Crippen MR) is 104 cm³/mol. The number of ketones is 1. The summed E-state index contributed by atoms with van der Waals surface area (Å²) >= 11 is 0. The molecular formula is C19H26O3Si2. The molecule has 0 spiro atoms. The summed E-state index contributed by atoms with van der Waals surface area (Å²) in [4.78, 5) is 11.4. The summed E-state index contributed by atoms with van der Waals surface area (Å²) in [6, 6.07) is 10.7. The molecule has 1 aliphatic heterocycles.